The van der Waals surface area contributed by atoms with Crippen LogP contribution in [0, 0.1) is 11.7 Å². The number of benzene rings is 1. The van der Waals surface area contributed by atoms with Gasteiger partial charge in [0.15, 0.2) is 0 Å². The van der Waals surface area contributed by atoms with Crippen LogP contribution in [0.2, 0.25) is 0 Å². The van der Waals surface area contributed by atoms with Crippen LogP contribution in [-0.4, -0.2) is 17.7 Å². The third-order valence-corrected chi connectivity index (χ3v) is 4.70. The number of hydrogen-bond acceptors (Lipinski definition) is 2. The van der Waals surface area contributed by atoms with Crippen molar-refractivity contribution in [3.8, 4) is 0 Å². The monoisotopic (exact) mass is 263 g/mol. The molecule has 2 aliphatic rings. The minimum atomic E-state index is -0.237. The van der Waals surface area contributed by atoms with E-state index >= 15 is 0 Å². The molecule has 1 aromatic rings. The third kappa shape index (κ3) is 2.62. The first-order chi connectivity index (χ1) is 9.28. The third-order valence-electron chi connectivity index (χ3n) is 4.70. The van der Waals surface area contributed by atoms with E-state index in [-0.39, 0.29) is 12.4 Å². The normalized spacial score (nSPS) is 24.3. The highest BCUT2D eigenvalue weighted by atomic mass is 19.1. The van der Waals surface area contributed by atoms with E-state index in [9.17, 15) is 9.50 Å². The van der Waals surface area contributed by atoms with E-state index in [0.29, 0.717) is 11.6 Å². The maximum Gasteiger partial charge on any atom is 0.125 e. The van der Waals surface area contributed by atoms with Crippen molar-refractivity contribution in [2.75, 3.05) is 11.4 Å². The fourth-order valence-electron chi connectivity index (χ4n) is 3.84. The maximum absolute atomic E-state index is 13.6. The summed E-state index contributed by atoms with van der Waals surface area (Å²) < 4.78 is 13.6. The van der Waals surface area contributed by atoms with Gasteiger partial charge in [-0.15, -0.1) is 0 Å². The summed E-state index contributed by atoms with van der Waals surface area (Å²) in [5.41, 5.74) is 1.63. The van der Waals surface area contributed by atoms with Gasteiger partial charge in [-0.2, -0.15) is 0 Å². The second kappa shape index (κ2) is 5.49. The number of aliphatic hydroxyl groups excluding tert-OH is 1. The fourth-order valence-corrected chi connectivity index (χ4v) is 3.84. The molecular weight excluding hydrogens is 241 g/mol. The molecule has 104 valence electrons. The van der Waals surface area contributed by atoms with Gasteiger partial charge in [-0.3, -0.25) is 0 Å². The molecule has 0 radical (unpaired) electrons. The molecule has 1 saturated heterocycles. The first kappa shape index (κ1) is 12.9. The van der Waals surface area contributed by atoms with Gasteiger partial charge < -0.3 is 10.0 Å². The van der Waals surface area contributed by atoms with Crippen molar-refractivity contribution in [1.29, 1.82) is 0 Å². The molecule has 0 spiro atoms. The van der Waals surface area contributed by atoms with Crippen molar-refractivity contribution in [1.82, 2.24) is 0 Å². The SMILES string of the molecule is OCc1cc(F)cc(N2CCCC2C2CCCC2)c1. The topological polar surface area (TPSA) is 23.5 Å². The van der Waals surface area contributed by atoms with Gasteiger partial charge >= 0.3 is 0 Å². The van der Waals surface area contributed by atoms with Gasteiger partial charge in [-0.05, 0) is 55.4 Å². The molecule has 3 heteroatoms. The lowest BCUT2D eigenvalue weighted by Crippen LogP contribution is -2.34. The van der Waals surface area contributed by atoms with Crippen molar-refractivity contribution in [2.24, 2.45) is 5.92 Å². The average Bonchev–Trinajstić information content (AvgIpc) is 3.08. The number of nitrogens with zero attached hydrogens (tertiary/aromatic N) is 1. The molecule has 1 aliphatic heterocycles. The average molecular weight is 263 g/mol. The minimum Gasteiger partial charge on any atom is -0.392 e. The highest BCUT2D eigenvalue weighted by Crippen LogP contribution is 2.38. The van der Waals surface area contributed by atoms with E-state index in [2.05, 4.69) is 4.90 Å². The molecule has 2 fully saturated rings. The summed E-state index contributed by atoms with van der Waals surface area (Å²) in [4.78, 5) is 2.37. The Hall–Kier alpha value is -1.09. The Balaban J connectivity index is 1.85. The molecule has 19 heavy (non-hydrogen) atoms. The van der Waals surface area contributed by atoms with Gasteiger partial charge in [0.2, 0.25) is 0 Å². The van der Waals surface area contributed by atoms with Crippen LogP contribution in [0.4, 0.5) is 10.1 Å². The lowest BCUT2D eigenvalue weighted by Gasteiger charge is -2.31. The van der Waals surface area contributed by atoms with Crippen LogP contribution in [0.3, 0.4) is 0 Å². The molecule has 0 bridgehead atoms. The van der Waals surface area contributed by atoms with Crippen LogP contribution in [0.1, 0.15) is 44.1 Å². The fraction of sp³-hybridized carbons (Fsp3) is 0.625. The first-order valence-corrected chi connectivity index (χ1v) is 7.45. The largest absolute Gasteiger partial charge is 0.392 e. The van der Waals surface area contributed by atoms with Crippen LogP contribution in [-0.2, 0) is 6.61 Å². The minimum absolute atomic E-state index is 0.0906. The zero-order valence-corrected chi connectivity index (χ0v) is 11.3. The smallest absolute Gasteiger partial charge is 0.125 e. The van der Waals surface area contributed by atoms with Crippen LogP contribution >= 0.6 is 0 Å². The van der Waals surface area contributed by atoms with Crippen LogP contribution in [0.25, 0.3) is 0 Å². The van der Waals surface area contributed by atoms with Gasteiger partial charge in [0.25, 0.3) is 0 Å². The highest BCUT2D eigenvalue weighted by Gasteiger charge is 2.33. The van der Waals surface area contributed by atoms with Crippen molar-refractivity contribution < 1.29 is 9.50 Å². The van der Waals surface area contributed by atoms with Crippen molar-refractivity contribution in [3.63, 3.8) is 0 Å². The predicted molar refractivity (Wildman–Crippen MR) is 74.6 cm³/mol. The predicted octanol–water partition coefficient (Wildman–Crippen LogP) is 3.48. The molecule has 1 heterocycles. The Morgan fingerprint density at radius 3 is 2.63 bits per heavy atom. The number of aliphatic hydroxyl groups is 1. The Kier molecular flexibility index (Phi) is 3.74. The summed E-state index contributed by atoms with van der Waals surface area (Å²) in [6.07, 6.45) is 7.77. The Morgan fingerprint density at radius 2 is 1.89 bits per heavy atom. The van der Waals surface area contributed by atoms with Crippen molar-refractivity contribution in [2.45, 2.75) is 51.2 Å². The second-order valence-electron chi connectivity index (χ2n) is 5.92. The van der Waals surface area contributed by atoms with Gasteiger partial charge in [0, 0.05) is 18.3 Å². The highest BCUT2D eigenvalue weighted by molar-refractivity contribution is 5.51. The maximum atomic E-state index is 13.6. The van der Waals surface area contributed by atoms with E-state index in [1.165, 1.54) is 44.6 Å². The molecule has 0 amide bonds. The summed E-state index contributed by atoms with van der Waals surface area (Å²) in [5, 5.41) is 9.22. The van der Waals surface area contributed by atoms with Gasteiger partial charge in [0.05, 0.1) is 6.61 Å². The number of rotatable bonds is 3. The second-order valence-corrected chi connectivity index (χ2v) is 5.92. The molecule has 1 aliphatic carbocycles. The van der Waals surface area contributed by atoms with E-state index in [4.69, 9.17) is 0 Å². The molecule has 2 nitrogen and oxygen atoms in total. The molecule has 1 aromatic carbocycles. The van der Waals surface area contributed by atoms with Crippen LogP contribution in [0.15, 0.2) is 18.2 Å². The summed E-state index contributed by atoms with van der Waals surface area (Å²) in [5.74, 6) is 0.543. The standard InChI is InChI=1S/C16H22FNO/c17-14-8-12(11-19)9-15(10-14)18-7-3-6-16(18)13-4-1-2-5-13/h8-10,13,16,19H,1-7,11H2. The van der Waals surface area contributed by atoms with Gasteiger partial charge in [0.1, 0.15) is 5.82 Å². The molecule has 1 saturated carbocycles. The Bertz CT molecular complexity index is 442. The number of anilines is 1. The van der Waals surface area contributed by atoms with E-state index in [1.807, 2.05) is 6.07 Å². The lowest BCUT2D eigenvalue weighted by molar-refractivity contribution is 0.281. The Morgan fingerprint density at radius 1 is 1.11 bits per heavy atom. The van der Waals surface area contributed by atoms with E-state index in [1.54, 1.807) is 6.07 Å². The molecule has 3 rings (SSSR count). The number of halogens is 1. The molecule has 0 aromatic heterocycles. The summed E-state index contributed by atoms with van der Waals surface area (Å²) in [7, 11) is 0. The zero-order valence-electron chi connectivity index (χ0n) is 11.3. The van der Waals surface area contributed by atoms with Crippen LogP contribution in [0.5, 0.6) is 0 Å². The molecular formula is C16H22FNO. The quantitative estimate of drug-likeness (QED) is 0.902. The van der Waals surface area contributed by atoms with E-state index < -0.39 is 0 Å². The summed E-state index contributed by atoms with van der Waals surface area (Å²) >= 11 is 0. The number of hydrogen-bond donors (Lipinski definition) is 1. The van der Waals surface area contributed by atoms with Gasteiger partial charge in [-0.25, -0.2) is 4.39 Å². The lowest BCUT2D eigenvalue weighted by atomic mass is 9.95. The molecule has 1 atom stereocenters. The van der Waals surface area contributed by atoms with Crippen LogP contribution < -0.4 is 4.90 Å². The first-order valence-electron chi connectivity index (χ1n) is 7.45. The Labute approximate surface area is 114 Å². The van der Waals surface area contributed by atoms with E-state index in [0.717, 1.165) is 18.2 Å². The van der Waals surface area contributed by atoms with Crippen molar-refractivity contribution in [3.05, 3.63) is 29.6 Å². The van der Waals surface area contributed by atoms with Crippen molar-refractivity contribution >= 4 is 5.69 Å². The molecule has 1 unspecified atom stereocenters. The molecule has 1 N–H and O–H groups in total. The zero-order chi connectivity index (χ0) is 13.2. The summed E-state index contributed by atoms with van der Waals surface area (Å²) in [6.45, 7) is 0.933. The van der Waals surface area contributed by atoms with Gasteiger partial charge in [-0.1, -0.05) is 12.8 Å². The summed E-state index contributed by atoms with van der Waals surface area (Å²) in [6, 6.07) is 5.56.